The van der Waals surface area contributed by atoms with Crippen LogP contribution in [0, 0.1) is 11.6 Å². The molecule has 104 valence electrons. The highest BCUT2D eigenvalue weighted by Crippen LogP contribution is 2.14. The Morgan fingerprint density at radius 2 is 2.26 bits per heavy atom. The van der Waals surface area contributed by atoms with E-state index in [1.165, 1.54) is 6.07 Å². The summed E-state index contributed by atoms with van der Waals surface area (Å²) in [5.41, 5.74) is 5.77. The Labute approximate surface area is 110 Å². The third-order valence-electron chi connectivity index (χ3n) is 3.18. The summed E-state index contributed by atoms with van der Waals surface area (Å²) >= 11 is 0. The Bertz CT molecular complexity index is 468. The summed E-state index contributed by atoms with van der Waals surface area (Å²) in [5, 5.41) is 0. The van der Waals surface area contributed by atoms with Crippen molar-refractivity contribution in [2.45, 2.75) is 12.5 Å². The van der Waals surface area contributed by atoms with Crippen molar-refractivity contribution in [2.24, 2.45) is 5.73 Å². The first-order valence-electron chi connectivity index (χ1n) is 6.13. The number of amides is 1. The number of carbonyl (C=O) groups is 1. The predicted molar refractivity (Wildman–Crippen MR) is 65.4 cm³/mol. The summed E-state index contributed by atoms with van der Waals surface area (Å²) in [7, 11) is 0. The van der Waals surface area contributed by atoms with Crippen molar-refractivity contribution in [1.29, 1.82) is 0 Å². The largest absolute Gasteiger partial charge is 0.377 e. The lowest BCUT2D eigenvalue weighted by molar-refractivity contribution is -0.138. The molecule has 6 heteroatoms. The van der Waals surface area contributed by atoms with Gasteiger partial charge < -0.3 is 15.4 Å². The molecule has 1 amide bonds. The molecule has 0 radical (unpaired) electrons. The van der Waals surface area contributed by atoms with Gasteiger partial charge in [0.1, 0.15) is 11.6 Å². The predicted octanol–water partition coefficient (Wildman–Crippen LogP) is 0.693. The average molecular weight is 270 g/mol. The van der Waals surface area contributed by atoms with Gasteiger partial charge in [0.2, 0.25) is 5.91 Å². The second kappa shape index (κ2) is 6.08. The topological polar surface area (TPSA) is 55.6 Å². The van der Waals surface area contributed by atoms with E-state index in [0.29, 0.717) is 26.3 Å². The fourth-order valence-electron chi connectivity index (χ4n) is 2.11. The molecule has 0 spiro atoms. The molecule has 2 rings (SSSR count). The summed E-state index contributed by atoms with van der Waals surface area (Å²) in [6.45, 7) is 1.60. The molecular weight excluding hydrogens is 254 g/mol. The normalized spacial score (nSPS) is 19.5. The van der Waals surface area contributed by atoms with Gasteiger partial charge in [-0.15, -0.1) is 0 Å². The molecule has 0 aromatic heterocycles. The monoisotopic (exact) mass is 270 g/mol. The molecule has 1 atom stereocenters. The summed E-state index contributed by atoms with van der Waals surface area (Å²) in [5.74, 6) is -1.57. The number of hydrogen-bond donors (Lipinski definition) is 1. The third-order valence-corrected chi connectivity index (χ3v) is 3.18. The molecule has 0 bridgehead atoms. The zero-order valence-electron chi connectivity index (χ0n) is 10.4. The summed E-state index contributed by atoms with van der Waals surface area (Å²) in [6, 6.07) is 3.04. The van der Waals surface area contributed by atoms with Gasteiger partial charge in [-0.1, -0.05) is 6.07 Å². The van der Waals surface area contributed by atoms with Crippen molar-refractivity contribution in [3.05, 3.63) is 35.4 Å². The second-order valence-corrected chi connectivity index (χ2v) is 4.46. The molecule has 1 fully saturated rings. The molecule has 2 N–H and O–H groups in total. The number of ether oxygens (including phenoxy) is 1. The molecule has 4 nitrogen and oxygen atoms in total. The van der Waals surface area contributed by atoms with E-state index in [1.54, 1.807) is 4.90 Å². The minimum atomic E-state index is -0.703. The zero-order chi connectivity index (χ0) is 13.8. The zero-order valence-corrected chi connectivity index (χ0v) is 10.4. The highest BCUT2D eigenvalue weighted by molar-refractivity contribution is 5.79. The van der Waals surface area contributed by atoms with Gasteiger partial charge in [0.25, 0.3) is 0 Å². The fourth-order valence-corrected chi connectivity index (χ4v) is 2.11. The van der Waals surface area contributed by atoms with Crippen molar-refractivity contribution in [1.82, 2.24) is 4.90 Å². The maximum Gasteiger partial charge on any atom is 0.227 e. The van der Waals surface area contributed by atoms with Gasteiger partial charge in [0, 0.05) is 19.2 Å². The van der Waals surface area contributed by atoms with Crippen LogP contribution in [0.5, 0.6) is 0 Å². The standard InChI is InChI=1S/C13H16F2N2O2/c14-10-2-1-9(12(15)6-10)5-13(18)17-3-4-19-8-11(17)7-16/h1-2,6,11H,3-5,7-8,16H2. The molecule has 1 aromatic carbocycles. The Hall–Kier alpha value is -1.53. The maximum atomic E-state index is 13.5. The van der Waals surface area contributed by atoms with Gasteiger partial charge in [-0.25, -0.2) is 8.78 Å². The third kappa shape index (κ3) is 3.27. The van der Waals surface area contributed by atoms with Crippen molar-refractivity contribution in [2.75, 3.05) is 26.3 Å². The van der Waals surface area contributed by atoms with Crippen LogP contribution in [-0.4, -0.2) is 43.2 Å². The molecule has 1 unspecified atom stereocenters. The Morgan fingerprint density at radius 3 is 2.95 bits per heavy atom. The quantitative estimate of drug-likeness (QED) is 0.879. The molecule has 1 saturated heterocycles. The van der Waals surface area contributed by atoms with Crippen LogP contribution in [0.1, 0.15) is 5.56 Å². The lowest BCUT2D eigenvalue weighted by atomic mass is 10.1. The summed E-state index contributed by atoms with van der Waals surface area (Å²) in [6.07, 6.45) is -0.0946. The van der Waals surface area contributed by atoms with Gasteiger partial charge in [-0.05, 0) is 11.6 Å². The molecular formula is C13H16F2N2O2. The molecule has 19 heavy (non-hydrogen) atoms. The van der Waals surface area contributed by atoms with Crippen LogP contribution < -0.4 is 5.73 Å². The van der Waals surface area contributed by atoms with E-state index >= 15 is 0 Å². The van der Waals surface area contributed by atoms with E-state index in [1.807, 2.05) is 0 Å². The van der Waals surface area contributed by atoms with Crippen molar-refractivity contribution >= 4 is 5.91 Å². The molecule has 1 aromatic rings. The van der Waals surface area contributed by atoms with E-state index in [-0.39, 0.29) is 23.9 Å². The van der Waals surface area contributed by atoms with Crippen LogP contribution in [-0.2, 0) is 16.0 Å². The van der Waals surface area contributed by atoms with Gasteiger partial charge in [-0.3, -0.25) is 4.79 Å². The first-order valence-corrected chi connectivity index (χ1v) is 6.13. The second-order valence-electron chi connectivity index (χ2n) is 4.46. The summed E-state index contributed by atoms with van der Waals surface area (Å²) in [4.78, 5) is 13.7. The molecule has 1 heterocycles. The van der Waals surface area contributed by atoms with Crippen molar-refractivity contribution in [3.63, 3.8) is 0 Å². The maximum absolute atomic E-state index is 13.5. The number of morpholine rings is 1. The van der Waals surface area contributed by atoms with Crippen LogP contribution in [0.3, 0.4) is 0 Å². The van der Waals surface area contributed by atoms with E-state index in [2.05, 4.69) is 0 Å². The van der Waals surface area contributed by atoms with Gasteiger partial charge >= 0.3 is 0 Å². The van der Waals surface area contributed by atoms with Gasteiger partial charge in [0.05, 0.1) is 25.7 Å². The fraction of sp³-hybridized carbons (Fsp3) is 0.462. The van der Waals surface area contributed by atoms with Crippen LogP contribution in [0.25, 0.3) is 0 Å². The highest BCUT2D eigenvalue weighted by atomic mass is 19.1. The van der Waals surface area contributed by atoms with Crippen LogP contribution in [0.15, 0.2) is 18.2 Å². The number of nitrogens with zero attached hydrogens (tertiary/aromatic N) is 1. The van der Waals surface area contributed by atoms with E-state index in [4.69, 9.17) is 10.5 Å². The van der Waals surface area contributed by atoms with E-state index < -0.39 is 11.6 Å². The van der Waals surface area contributed by atoms with Crippen LogP contribution in [0.4, 0.5) is 8.78 Å². The highest BCUT2D eigenvalue weighted by Gasteiger charge is 2.26. The van der Waals surface area contributed by atoms with Crippen molar-refractivity contribution in [3.8, 4) is 0 Å². The van der Waals surface area contributed by atoms with Gasteiger partial charge in [0.15, 0.2) is 0 Å². The first kappa shape index (κ1) is 13.9. The molecule has 1 aliphatic heterocycles. The Morgan fingerprint density at radius 1 is 1.47 bits per heavy atom. The van der Waals surface area contributed by atoms with Crippen LogP contribution in [0.2, 0.25) is 0 Å². The van der Waals surface area contributed by atoms with E-state index in [0.717, 1.165) is 12.1 Å². The number of carbonyl (C=O) groups excluding carboxylic acids is 1. The Balaban J connectivity index is 2.07. The summed E-state index contributed by atoms with van der Waals surface area (Å²) < 4.78 is 31.5. The lowest BCUT2D eigenvalue weighted by Gasteiger charge is -2.35. The SMILES string of the molecule is NCC1COCCN1C(=O)Cc1ccc(F)cc1F. The molecule has 0 saturated carbocycles. The first-order chi connectivity index (χ1) is 9.11. The number of halogens is 2. The molecule has 0 aliphatic carbocycles. The minimum Gasteiger partial charge on any atom is -0.377 e. The number of rotatable bonds is 3. The smallest absolute Gasteiger partial charge is 0.227 e. The number of benzene rings is 1. The number of hydrogen-bond acceptors (Lipinski definition) is 3. The van der Waals surface area contributed by atoms with E-state index in [9.17, 15) is 13.6 Å². The minimum absolute atomic E-state index is 0.0946. The van der Waals surface area contributed by atoms with Gasteiger partial charge in [-0.2, -0.15) is 0 Å². The lowest BCUT2D eigenvalue weighted by Crippen LogP contribution is -2.52. The van der Waals surface area contributed by atoms with Crippen LogP contribution >= 0.6 is 0 Å². The molecule has 1 aliphatic rings. The number of nitrogens with two attached hydrogens (primary N) is 1. The average Bonchev–Trinajstić information content (AvgIpc) is 2.41. The van der Waals surface area contributed by atoms with Crippen molar-refractivity contribution < 1.29 is 18.3 Å². The Kier molecular flexibility index (Phi) is 4.44.